The SMILES string of the molecule is CCOC(=O)Cc1c(N)nc(-c2ccc(Cl)cn2)[nH]c1=O. The Balaban J connectivity index is 2.35. The molecule has 2 aromatic heterocycles. The van der Waals surface area contributed by atoms with Crippen LogP contribution in [0.15, 0.2) is 23.1 Å². The van der Waals surface area contributed by atoms with Crippen molar-refractivity contribution < 1.29 is 9.53 Å². The molecule has 7 nitrogen and oxygen atoms in total. The zero-order chi connectivity index (χ0) is 15.4. The summed E-state index contributed by atoms with van der Waals surface area (Å²) in [5.41, 5.74) is 5.74. The van der Waals surface area contributed by atoms with Crippen LogP contribution in [0.2, 0.25) is 5.02 Å². The number of hydrogen-bond donors (Lipinski definition) is 2. The number of ether oxygens (including phenoxy) is 1. The normalized spacial score (nSPS) is 10.4. The Morgan fingerprint density at radius 3 is 2.81 bits per heavy atom. The Hall–Kier alpha value is -2.41. The first-order chi connectivity index (χ1) is 10.0. The van der Waals surface area contributed by atoms with Crippen molar-refractivity contribution in [2.75, 3.05) is 12.3 Å². The summed E-state index contributed by atoms with van der Waals surface area (Å²) in [5, 5.41) is 0.466. The number of anilines is 1. The Labute approximate surface area is 125 Å². The van der Waals surface area contributed by atoms with E-state index in [1.807, 2.05) is 0 Å². The van der Waals surface area contributed by atoms with Gasteiger partial charge in [0.05, 0.1) is 23.6 Å². The second kappa shape index (κ2) is 6.36. The average Bonchev–Trinajstić information content (AvgIpc) is 2.44. The van der Waals surface area contributed by atoms with Crippen molar-refractivity contribution in [3.05, 3.63) is 39.3 Å². The lowest BCUT2D eigenvalue weighted by Crippen LogP contribution is -2.22. The summed E-state index contributed by atoms with van der Waals surface area (Å²) in [5.74, 6) is -0.353. The van der Waals surface area contributed by atoms with Crippen LogP contribution in [-0.2, 0) is 16.0 Å². The first-order valence-corrected chi connectivity index (χ1v) is 6.55. The van der Waals surface area contributed by atoms with Gasteiger partial charge in [-0.15, -0.1) is 0 Å². The van der Waals surface area contributed by atoms with Crippen molar-refractivity contribution in [2.24, 2.45) is 0 Å². The van der Waals surface area contributed by atoms with Gasteiger partial charge in [0, 0.05) is 6.20 Å². The number of nitrogen functional groups attached to an aromatic ring is 1. The molecule has 110 valence electrons. The quantitative estimate of drug-likeness (QED) is 0.820. The predicted octanol–water partition coefficient (Wildman–Crippen LogP) is 1.17. The summed E-state index contributed by atoms with van der Waals surface area (Å²) < 4.78 is 4.78. The molecular formula is C13H13ClN4O3. The fourth-order valence-corrected chi connectivity index (χ4v) is 1.79. The molecule has 0 radical (unpaired) electrons. The van der Waals surface area contributed by atoms with Gasteiger partial charge in [-0.2, -0.15) is 0 Å². The van der Waals surface area contributed by atoms with E-state index in [1.165, 1.54) is 6.20 Å². The van der Waals surface area contributed by atoms with Crippen LogP contribution in [0.4, 0.5) is 5.82 Å². The number of rotatable bonds is 4. The number of nitrogens with zero attached hydrogens (tertiary/aromatic N) is 2. The molecule has 0 aliphatic rings. The molecule has 0 aromatic carbocycles. The summed E-state index contributed by atoms with van der Waals surface area (Å²) in [6, 6.07) is 3.22. The number of esters is 1. The van der Waals surface area contributed by atoms with E-state index >= 15 is 0 Å². The van der Waals surface area contributed by atoms with Crippen LogP contribution in [0.25, 0.3) is 11.5 Å². The number of nitrogens with one attached hydrogen (secondary N) is 1. The molecule has 0 aliphatic heterocycles. The maximum absolute atomic E-state index is 12.0. The van der Waals surface area contributed by atoms with Gasteiger partial charge in [-0.1, -0.05) is 11.6 Å². The van der Waals surface area contributed by atoms with Crippen LogP contribution in [0.5, 0.6) is 0 Å². The summed E-state index contributed by atoms with van der Waals surface area (Å²) in [4.78, 5) is 34.1. The van der Waals surface area contributed by atoms with Crippen molar-refractivity contribution in [1.82, 2.24) is 15.0 Å². The fraction of sp³-hybridized carbons (Fsp3) is 0.231. The minimum absolute atomic E-state index is 0.0291. The number of hydrogen-bond acceptors (Lipinski definition) is 6. The summed E-state index contributed by atoms with van der Waals surface area (Å²) in [6.45, 7) is 1.91. The maximum atomic E-state index is 12.0. The van der Waals surface area contributed by atoms with E-state index in [4.69, 9.17) is 22.1 Å². The highest BCUT2D eigenvalue weighted by Crippen LogP contribution is 2.15. The zero-order valence-electron chi connectivity index (χ0n) is 11.2. The molecule has 0 saturated carbocycles. The smallest absolute Gasteiger partial charge is 0.310 e. The standard InChI is InChI=1S/C13H13ClN4O3/c1-2-21-10(19)5-8-11(15)17-12(18-13(8)20)9-4-3-7(14)6-16-9/h3-4,6H,2,5H2,1H3,(H3,15,17,18,20). The zero-order valence-corrected chi connectivity index (χ0v) is 12.0. The van der Waals surface area contributed by atoms with Crippen LogP contribution in [0, 0.1) is 0 Å². The van der Waals surface area contributed by atoms with Crippen molar-refractivity contribution in [3.8, 4) is 11.5 Å². The van der Waals surface area contributed by atoms with Crippen molar-refractivity contribution in [2.45, 2.75) is 13.3 Å². The molecule has 2 heterocycles. The number of carbonyl (C=O) groups is 1. The number of carbonyl (C=O) groups excluding carboxylic acids is 1. The number of halogens is 1. The molecule has 0 spiro atoms. The first-order valence-electron chi connectivity index (χ1n) is 6.17. The van der Waals surface area contributed by atoms with Gasteiger partial charge < -0.3 is 15.5 Å². The third-order valence-electron chi connectivity index (χ3n) is 2.64. The first kappa shape index (κ1) is 15.0. The Morgan fingerprint density at radius 1 is 1.48 bits per heavy atom. The second-order valence-electron chi connectivity index (χ2n) is 4.12. The Kier molecular flexibility index (Phi) is 4.54. The molecule has 0 atom stereocenters. The lowest BCUT2D eigenvalue weighted by molar-refractivity contribution is -0.142. The monoisotopic (exact) mass is 308 g/mol. The van der Waals surface area contributed by atoms with Crippen LogP contribution in [0.3, 0.4) is 0 Å². The highest BCUT2D eigenvalue weighted by Gasteiger charge is 2.15. The highest BCUT2D eigenvalue weighted by atomic mass is 35.5. The van der Waals surface area contributed by atoms with Crippen LogP contribution >= 0.6 is 11.6 Å². The summed E-state index contributed by atoms with van der Waals surface area (Å²) in [7, 11) is 0. The molecule has 0 saturated heterocycles. The van der Waals surface area contributed by atoms with E-state index in [2.05, 4.69) is 15.0 Å². The van der Waals surface area contributed by atoms with Gasteiger partial charge in [-0.3, -0.25) is 14.6 Å². The van der Waals surface area contributed by atoms with E-state index in [0.717, 1.165) is 0 Å². The molecule has 8 heteroatoms. The Bertz CT molecular complexity index is 712. The molecular weight excluding hydrogens is 296 g/mol. The molecule has 0 bridgehead atoms. The predicted molar refractivity (Wildman–Crippen MR) is 77.8 cm³/mol. The number of aromatic nitrogens is 3. The molecule has 3 N–H and O–H groups in total. The van der Waals surface area contributed by atoms with Crippen LogP contribution in [0.1, 0.15) is 12.5 Å². The van der Waals surface area contributed by atoms with E-state index in [1.54, 1.807) is 19.1 Å². The number of nitrogens with two attached hydrogens (primary N) is 1. The van der Waals surface area contributed by atoms with E-state index in [0.29, 0.717) is 10.7 Å². The molecule has 0 amide bonds. The van der Waals surface area contributed by atoms with Gasteiger partial charge in [-0.05, 0) is 19.1 Å². The third kappa shape index (κ3) is 3.57. The number of aromatic amines is 1. The lowest BCUT2D eigenvalue weighted by Gasteiger charge is -2.06. The third-order valence-corrected chi connectivity index (χ3v) is 2.87. The molecule has 0 aliphatic carbocycles. The Morgan fingerprint density at radius 2 is 2.24 bits per heavy atom. The summed E-state index contributed by atoms with van der Waals surface area (Å²) in [6.07, 6.45) is 1.20. The van der Waals surface area contributed by atoms with Gasteiger partial charge in [0.1, 0.15) is 11.5 Å². The topological polar surface area (TPSA) is 111 Å². The molecule has 0 unspecified atom stereocenters. The lowest BCUT2D eigenvalue weighted by atomic mass is 10.2. The van der Waals surface area contributed by atoms with Crippen LogP contribution in [-0.4, -0.2) is 27.5 Å². The molecule has 2 aromatic rings. The average molecular weight is 309 g/mol. The van der Waals surface area contributed by atoms with Gasteiger partial charge in [0.25, 0.3) is 5.56 Å². The van der Waals surface area contributed by atoms with Crippen molar-refractivity contribution in [3.63, 3.8) is 0 Å². The van der Waals surface area contributed by atoms with Gasteiger partial charge in [0.15, 0.2) is 5.82 Å². The van der Waals surface area contributed by atoms with Crippen LogP contribution < -0.4 is 11.3 Å². The fourth-order valence-electron chi connectivity index (χ4n) is 1.68. The molecule has 21 heavy (non-hydrogen) atoms. The molecule has 0 fully saturated rings. The van der Waals surface area contributed by atoms with Gasteiger partial charge in [-0.25, -0.2) is 4.98 Å². The summed E-state index contributed by atoms with van der Waals surface area (Å²) >= 11 is 5.74. The minimum atomic E-state index is -0.533. The van der Waals surface area contributed by atoms with E-state index < -0.39 is 11.5 Å². The van der Waals surface area contributed by atoms with Crippen molar-refractivity contribution in [1.29, 1.82) is 0 Å². The largest absolute Gasteiger partial charge is 0.466 e. The number of pyridine rings is 1. The van der Waals surface area contributed by atoms with Crippen molar-refractivity contribution >= 4 is 23.4 Å². The van der Waals surface area contributed by atoms with E-state index in [-0.39, 0.29) is 30.2 Å². The second-order valence-corrected chi connectivity index (χ2v) is 4.56. The van der Waals surface area contributed by atoms with Gasteiger partial charge >= 0.3 is 5.97 Å². The van der Waals surface area contributed by atoms with E-state index in [9.17, 15) is 9.59 Å². The minimum Gasteiger partial charge on any atom is -0.466 e. The molecule has 2 rings (SSSR count). The number of H-pyrrole nitrogens is 1. The maximum Gasteiger partial charge on any atom is 0.310 e. The highest BCUT2D eigenvalue weighted by molar-refractivity contribution is 6.30. The van der Waals surface area contributed by atoms with Gasteiger partial charge in [0.2, 0.25) is 0 Å².